The molecule has 0 aliphatic rings. The third-order valence-electron chi connectivity index (χ3n) is 4.28. The van der Waals surface area contributed by atoms with Crippen molar-refractivity contribution in [3.8, 4) is 23.0 Å². The van der Waals surface area contributed by atoms with E-state index in [0.29, 0.717) is 12.0 Å². The van der Waals surface area contributed by atoms with E-state index >= 15 is 0 Å². The lowest BCUT2D eigenvalue weighted by Crippen LogP contribution is -2.13. The Kier molecular flexibility index (Phi) is 8.95. The van der Waals surface area contributed by atoms with Crippen LogP contribution in [0, 0.1) is 6.92 Å². The molecule has 0 saturated heterocycles. The Morgan fingerprint density at radius 3 is 2.00 bits per heavy atom. The first-order chi connectivity index (χ1) is 12.0. The normalized spacial score (nSPS) is 10.6. The van der Waals surface area contributed by atoms with Gasteiger partial charge in [0.05, 0.1) is 19.9 Å². The topological polar surface area (TPSA) is 88.0 Å². The Balaban J connectivity index is 2.64. The molecule has 6 heteroatoms. The summed E-state index contributed by atoms with van der Waals surface area (Å²) in [6.45, 7) is 3.79. The minimum atomic E-state index is -0.248. The summed E-state index contributed by atoms with van der Waals surface area (Å²) < 4.78 is 10.1. The van der Waals surface area contributed by atoms with E-state index in [2.05, 4.69) is 12.2 Å². The van der Waals surface area contributed by atoms with Crippen molar-refractivity contribution in [1.82, 2.24) is 0 Å². The fraction of sp³-hybridized carbons (Fsp3) is 0.632. The minimum Gasteiger partial charge on any atom is -0.504 e. The highest BCUT2D eigenvalue weighted by atomic mass is 16.5. The number of phenolic OH excluding ortho intramolecular Hbond substituents is 2. The van der Waals surface area contributed by atoms with E-state index in [9.17, 15) is 15.0 Å². The number of amides is 1. The second-order valence-electron chi connectivity index (χ2n) is 6.18. The summed E-state index contributed by atoms with van der Waals surface area (Å²) in [5.74, 6) is -0.566. The smallest absolute Gasteiger partial charge is 0.224 e. The number of ether oxygens (including phenoxy) is 2. The van der Waals surface area contributed by atoms with E-state index in [-0.39, 0.29) is 34.6 Å². The number of benzene rings is 1. The molecule has 0 bridgehead atoms. The van der Waals surface area contributed by atoms with Crippen molar-refractivity contribution in [2.75, 3.05) is 19.5 Å². The summed E-state index contributed by atoms with van der Waals surface area (Å²) in [6.07, 6.45) is 8.28. The summed E-state index contributed by atoms with van der Waals surface area (Å²) in [4.78, 5) is 12.1. The third kappa shape index (κ3) is 5.73. The lowest BCUT2D eigenvalue weighted by molar-refractivity contribution is -0.116. The molecule has 0 saturated carbocycles. The van der Waals surface area contributed by atoms with Gasteiger partial charge in [0.25, 0.3) is 0 Å². The summed E-state index contributed by atoms with van der Waals surface area (Å²) in [7, 11) is 2.73. The number of phenols is 2. The molecule has 0 fully saturated rings. The van der Waals surface area contributed by atoms with Gasteiger partial charge in [0.15, 0.2) is 11.5 Å². The zero-order valence-electron chi connectivity index (χ0n) is 15.8. The van der Waals surface area contributed by atoms with E-state index < -0.39 is 0 Å². The van der Waals surface area contributed by atoms with Crippen LogP contribution in [0.2, 0.25) is 0 Å². The van der Waals surface area contributed by atoms with E-state index in [4.69, 9.17) is 9.47 Å². The van der Waals surface area contributed by atoms with Crippen LogP contribution in [-0.4, -0.2) is 30.3 Å². The Morgan fingerprint density at radius 2 is 1.44 bits per heavy atom. The van der Waals surface area contributed by atoms with Crippen LogP contribution in [0.5, 0.6) is 23.0 Å². The van der Waals surface area contributed by atoms with Gasteiger partial charge in [-0.25, -0.2) is 0 Å². The molecular formula is C19H31NO5. The van der Waals surface area contributed by atoms with E-state index in [1.54, 1.807) is 6.92 Å². The molecule has 25 heavy (non-hydrogen) atoms. The molecule has 0 spiro atoms. The number of rotatable bonds is 11. The molecule has 1 aromatic carbocycles. The number of nitrogens with one attached hydrogen (secondary N) is 1. The van der Waals surface area contributed by atoms with Gasteiger partial charge in [-0.3, -0.25) is 4.79 Å². The van der Waals surface area contributed by atoms with Crippen LogP contribution in [0.15, 0.2) is 0 Å². The van der Waals surface area contributed by atoms with Gasteiger partial charge in [-0.15, -0.1) is 0 Å². The number of carbonyl (C=O) groups excluding carboxylic acids is 1. The average Bonchev–Trinajstić information content (AvgIpc) is 2.60. The van der Waals surface area contributed by atoms with Gasteiger partial charge in [-0.05, 0) is 13.3 Å². The van der Waals surface area contributed by atoms with Gasteiger partial charge in [-0.1, -0.05) is 45.4 Å². The van der Waals surface area contributed by atoms with Crippen LogP contribution in [0.3, 0.4) is 0 Å². The molecule has 0 aliphatic heterocycles. The molecule has 0 radical (unpaired) electrons. The molecule has 142 valence electrons. The Morgan fingerprint density at radius 1 is 0.920 bits per heavy atom. The van der Waals surface area contributed by atoms with Gasteiger partial charge in [0.2, 0.25) is 17.4 Å². The standard InChI is InChI=1S/C19H31NO5/c1-5-6-7-8-9-10-11-12-14(21)20-15-13(2)16(22)18(24-3)19(25-4)17(15)23/h22-23H,5-12H2,1-4H3,(H,20,21). The van der Waals surface area contributed by atoms with Crippen LogP contribution in [-0.2, 0) is 4.79 Å². The Bertz CT molecular complexity index is 572. The molecule has 0 aromatic heterocycles. The maximum absolute atomic E-state index is 12.1. The molecule has 0 heterocycles. The zero-order chi connectivity index (χ0) is 18.8. The van der Waals surface area contributed by atoms with Crippen molar-refractivity contribution in [1.29, 1.82) is 0 Å². The molecule has 3 N–H and O–H groups in total. The number of carbonyl (C=O) groups is 1. The summed E-state index contributed by atoms with van der Waals surface area (Å²) in [5.41, 5.74) is 0.492. The van der Waals surface area contributed by atoms with Crippen molar-refractivity contribution in [3.63, 3.8) is 0 Å². The van der Waals surface area contributed by atoms with E-state index in [1.165, 1.54) is 39.9 Å². The van der Waals surface area contributed by atoms with Crippen molar-refractivity contribution >= 4 is 11.6 Å². The Hall–Kier alpha value is -2.11. The highest BCUT2D eigenvalue weighted by molar-refractivity contribution is 5.95. The van der Waals surface area contributed by atoms with Gasteiger partial charge < -0.3 is 25.0 Å². The van der Waals surface area contributed by atoms with Gasteiger partial charge in [0, 0.05) is 12.0 Å². The number of methoxy groups -OCH3 is 2. The predicted molar refractivity (Wildman–Crippen MR) is 98.9 cm³/mol. The fourth-order valence-electron chi connectivity index (χ4n) is 2.77. The van der Waals surface area contributed by atoms with E-state index in [0.717, 1.165) is 19.3 Å². The average molecular weight is 353 g/mol. The molecule has 6 nitrogen and oxygen atoms in total. The van der Waals surface area contributed by atoms with Crippen LogP contribution >= 0.6 is 0 Å². The highest BCUT2D eigenvalue weighted by Crippen LogP contribution is 2.50. The lowest BCUT2D eigenvalue weighted by Gasteiger charge is -2.18. The second kappa shape index (κ2) is 10.7. The first kappa shape index (κ1) is 20.9. The summed E-state index contributed by atoms with van der Waals surface area (Å²) in [6, 6.07) is 0. The highest BCUT2D eigenvalue weighted by Gasteiger charge is 2.24. The number of aromatic hydroxyl groups is 2. The monoisotopic (exact) mass is 353 g/mol. The molecule has 1 rings (SSSR count). The molecule has 1 aromatic rings. The lowest BCUT2D eigenvalue weighted by atomic mass is 10.1. The van der Waals surface area contributed by atoms with Gasteiger partial charge >= 0.3 is 0 Å². The Labute approximate surface area is 150 Å². The maximum Gasteiger partial charge on any atom is 0.224 e. The van der Waals surface area contributed by atoms with Crippen LogP contribution < -0.4 is 14.8 Å². The van der Waals surface area contributed by atoms with Crippen molar-refractivity contribution < 1.29 is 24.5 Å². The SMILES string of the molecule is CCCCCCCCCC(=O)Nc1c(C)c(O)c(OC)c(OC)c1O. The molecule has 0 unspecified atom stereocenters. The first-order valence-corrected chi connectivity index (χ1v) is 8.94. The zero-order valence-corrected chi connectivity index (χ0v) is 15.8. The van der Waals surface area contributed by atoms with Gasteiger partial charge in [0.1, 0.15) is 0 Å². The second-order valence-corrected chi connectivity index (χ2v) is 6.18. The number of anilines is 1. The van der Waals surface area contributed by atoms with E-state index in [1.807, 2.05) is 0 Å². The van der Waals surface area contributed by atoms with Crippen molar-refractivity contribution in [2.45, 2.75) is 65.2 Å². The summed E-state index contributed by atoms with van der Waals surface area (Å²) in [5, 5.41) is 23.2. The van der Waals surface area contributed by atoms with Crippen LogP contribution in [0.4, 0.5) is 5.69 Å². The first-order valence-electron chi connectivity index (χ1n) is 8.94. The van der Waals surface area contributed by atoms with Crippen molar-refractivity contribution in [2.24, 2.45) is 0 Å². The predicted octanol–water partition coefficient (Wildman–Crippen LogP) is 4.50. The van der Waals surface area contributed by atoms with Crippen molar-refractivity contribution in [3.05, 3.63) is 5.56 Å². The minimum absolute atomic E-state index is 0.00294. The van der Waals surface area contributed by atoms with Gasteiger partial charge in [-0.2, -0.15) is 0 Å². The maximum atomic E-state index is 12.1. The molecule has 0 atom stereocenters. The van der Waals surface area contributed by atoms with Crippen LogP contribution in [0.1, 0.15) is 63.9 Å². The van der Waals surface area contributed by atoms with Crippen LogP contribution in [0.25, 0.3) is 0 Å². The fourth-order valence-corrected chi connectivity index (χ4v) is 2.77. The summed E-state index contributed by atoms with van der Waals surface area (Å²) >= 11 is 0. The quantitative estimate of drug-likeness (QED) is 0.310. The molecule has 1 amide bonds. The molecular weight excluding hydrogens is 322 g/mol. The number of hydrogen-bond acceptors (Lipinski definition) is 5. The number of hydrogen-bond donors (Lipinski definition) is 3. The third-order valence-corrected chi connectivity index (χ3v) is 4.28. The molecule has 0 aliphatic carbocycles. The largest absolute Gasteiger partial charge is 0.504 e. The number of unbranched alkanes of at least 4 members (excludes halogenated alkanes) is 6.